The molecule has 0 amide bonds. The maximum atomic E-state index is 6.21. The number of aryl methyl sites for hydroxylation is 1. The largest absolute Gasteiger partial charge is 0.374 e. The predicted molar refractivity (Wildman–Crippen MR) is 106 cm³/mol. The van der Waals surface area contributed by atoms with Crippen molar-refractivity contribution < 1.29 is 18.9 Å². The molecule has 144 valence electrons. The first-order valence-electron chi connectivity index (χ1n) is 9.00. The summed E-state index contributed by atoms with van der Waals surface area (Å²) in [4.78, 5) is 0. The van der Waals surface area contributed by atoms with Gasteiger partial charge >= 0.3 is 0 Å². The molecular weight excluding hydrogens is 328 g/mol. The van der Waals surface area contributed by atoms with E-state index in [0.717, 1.165) is 12.8 Å². The normalized spacial score (nSPS) is 11.2. The van der Waals surface area contributed by atoms with E-state index in [1.807, 2.05) is 6.07 Å². The fourth-order valence-electron chi connectivity index (χ4n) is 2.44. The average molecular weight is 360 g/mol. The van der Waals surface area contributed by atoms with E-state index in [1.54, 1.807) is 18.2 Å². The summed E-state index contributed by atoms with van der Waals surface area (Å²) in [6.45, 7) is 14.1. The quantitative estimate of drug-likeness (QED) is 0.311. The van der Waals surface area contributed by atoms with Gasteiger partial charge in [-0.3, -0.25) is 0 Å². The Labute approximate surface area is 158 Å². The topological polar surface area (TPSA) is 36.9 Å². The molecule has 0 fully saturated rings. The van der Waals surface area contributed by atoms with Gasteiger partial charge in [0.15, 0.2) is 0 Å². The second kappa shape index (κ2) is 14.4. The Kier molecular flexibility index (Phi) is 12.4. The minimum atomic E-state index is -0.661. The maximum absolute atomic E-state index is 6.21. The number of hydrogen-bond acceptors (Lipinski definition) is 4. The van der Waals surface area contributed by atoms with Gasteiger partial charge in [-0.15, -0.1) is 19.7 Å². The average Bonchev–Trinajstić information content (AvgIpc) is 2.67. The van der Waals surface area contributed by atoms with Crippen molar-refractivity contribution in [2.24, 2.45) is 0 Å². The Bertz CT molecular complexity index is 462. The summed E-state index contributed by atoms with van der Waals surface area (Å²) in [6, 6.07) is 10.4. The van der Waals surface area contributed by atoms with E-state index in [-0.39, 0.29) is 0 Å². The number of ether oxygens (including phenoxy) is 4. The first-order chi connectivity index (χ1) is 12.8. The van der Waals surface area contributed by atoms with Gasteiger partial charge < -0.3 is 18.9 Å². The van der Waals surface area contributed by atoms with Gasteiger partial charge in [0.1, 0.15) is 5.60 Å². The van der Waals surface area contributed by atoms with Crippen LogP contribution in [0.1, 0.15) is 12.0 Å². The van der Waals surface area contributed by atoms with E-state index in [1.165, 1.54) is 5.56 Å². The van der Waals surface area contributed by atoms with E-state index < -0.39 is 5.60 Å². The zero-order valence-corrected chi connectivity index (χ0v) is 15.7. The molecule has 0 aliphatic heterocycles. The molecule has 0 aromatic heterocycles. The van der Waals surface area contributed by atoms with E-state index >= 15 is 0 Å². The molecular formula is C22H32O4. The summed E-state index contributed by atoms with van der Waals surface area (Å²) in [7, 11) is 0. The highest BCUT2D eigenvalue weighted by Gasteiger charge is 2.32. The highest BCUT2D eigenvalue weighted by Crippen LogP contribution is 2.16. The third-order valence-corrected chi connectivity index (χ3v) is 3.66. The zero-order valence-electron chi connectivity index (χ0n) is 15.7. The molecule has 26 heavy (non-hydrogen) atoms. The standard InChI is InChI=1S/C22H32O4/c1-4-14-23-18-22(19-24-15-5-2,20-25-16-6-3)26-17-10-13-21-11-8-7-9-12-21/h4-9,11-12H,1-3,10,13-20H2. The van der Waals surface area contributed by atoms with Crippen LogP contribution in [0.15, 0.2) is 68.3 Å². The van der Waals surface area contributed by atoms with E-state index in [9.17, 15) is 0 Å². The summed E-state index contributed by atoms with van der Waals surface area (Å²) in [6.07, 6.45) is 7.03. The first kappa shape index (κ1) is 22.3. The fraction of sp³-hybridized carbons (Fsp3) is 0.455. The van der Waals surface area contributed by atoms with Crippen LogP contribution >= 0.6 is 0 Å². The maximum Gasteiger partial charge on any atom is 0.138 e. The van der Waals surface area contributed by atoms with Gasteiger partial charge in [0.2, 0.25) is 0 Å². The van der Waals surface area contributed by atoms with Crippen LogP contribution in [-0.2, 0) is 25.4 Å². The molecule has 0 N–H and O–H groups in total. The van der Waals surface area contributed by atoms with Gasteiger partial charge in [0, 0.05) is 6.61 Å². The van der Waals surface area contributed by atoms with Crippen molar-refractivity contribution in [2.45, 2.75) is 18.4 Å². The third kappa shape index (κ3) is 9.68. The van der Waals surface area contributed by atoms with Crippen molar-refractivity contribution in [3.05, 3.63) is 73.9 Å². The molecule has 1 aromatic carbocycles. The molecule has 0 spiro atoms. The van der Waals surface area contributed by atoms with Gasteiger partial charge in [-0.25, -0.2) is 0 Å². The zero-order chi connectivity index (χ0) is 18.9. The minimum Gasteiger partial charge on any atom is -0.374 e. The van der Waals surface area contributed by atoms with Crippen molar-refractivity contribution in [3.8, 4) is 0 Å². The van der Waals surface area contributed by atoms with Crippen molar-refractivity contribution in [1.82, 2.24) is 0 Å². The van der Waals surface area contributed by atoms with Gasteiger partial charge in [0.05, 0.1) is 39.6 Å². The summed E-state index contributed by atoms with van der Waals surface area (Å²) in [5, 5.41) is 0. The molecule has 0 bridgehead atoms. The molecule has 0 unspecified atom stereocenters. The minimum absolute atomic E-state index is 0.374. The van der Waals surface area contributed by atoms with E-state index in [4.69, 9.17) is 18.9 Å². The van der Waals surface area contributed by atoms with Gasteiger partial charge in [-0.1, -0.05) is 48.6 Å². The molecule has 1 rings (SSSR count). The van der Waals surface area contributed by atoms with Gasteiger partial charge in [-0.05, 0) is 18.4 Å². The lowest BCUT2D eigenvalue weighted by Gasteiger charge is -2.33. The van der Waals surface area contributed by atoms with E-state index in [2.05, 4.69) is 44.0 Å². The molecule has 4 nitrogen and oxygen atoms in total. The van der Waals surface area contributed by atoms with Crippen molar-refractivity contribution in [2.75, 3.05) is 46.2 Å². The molecule has 0 atom stereocenters. The molecule has 1 aromatic rings. The third-order valence-electron chi connectivity index (χ3n) is 3.66. The molecule has 0 saturated heterocycles. The summed E-state index contributed by atoms with van der Waals surface area (Å²) < 4.78 is 23.2. The van der Waals surface area contributed by atoms with Gasteiger partial charge in [0.25, 0.3) is 0 Å². The summed E-state index contributed by atoms with van der Waals surface area (Å²) in [5.41, 5.74) is 0.640. The molecule has 0 saturated carbocycles. The second-order valence-corrected chi connectivity index (χ2v) is 6.03. The Morgan fingerprint density at radius 1 is 0.769 bits per heavy atom. The van der Waals surface area contributed by atoms with Crippen LogP contribution in [0.3, 0.4) is 0 Å². The summed E-state index contributed by atoms with van der Waals surface area (Å²) >= 11 is 0. The Hall–Kier alpha value is -1.72. The SMILES string of the molecule is C=CCOCC(COCC=C)(COCC=C)OCCCc1ccccc1. The molecule has 0 heterocycles. The van der Waals surface area contributed by atoms with Crippen molar-refractivity contribution in [3.63, 3.8) is 0 Å². The Morgan fingerprint density at radius 2 is 1.27 bits per heavy atom. The predicted octanol–water partition coefficient (Wildman–Crippen LogP) is 3.98. The van der Waals surface area contributed by atoms with Crippen LogP contribution in [0.4, 0.5) is 0 Å². The van der Waals surface area contributed by atoms with E-state index in [0.29, 0.717) is 46.2 Å². The Morgan fingerprint density at radius 3 is 1.73 bits per heavy atom. The van der Waals surface area contributed by atoms with Crippen LogP contribution in [0.25, 0.3) is 0 Å². The van der Waals surface area contributed by atoms with Crippen molar-refractivity contribution >= 4 is 0 Å². The molecule has 0 aliphatic carbocycles. The van der Waals surface area contributed by atoms with Crippen LogP contribution < -0.4 is 0 Å². The number of hydrogen-bond donors (Lipinski definition) is 0. The smallest absolute Gasteiger partial charge is 0.138 e. The molecule has 4 heteroatoms. The monoisotopic (exact) mass is 360 g/mol. The number of rotatable bonds is 17. The van der Waals surface area contributed by atoms with Gasteiger partial charge in [-0.2, -0.15) is 0 Å². The lowest BCUT2D eigenvalue weighted by atomic mass is 10.1. The lowest BCUT2D eigenvalue weighted by molar-refractivity contribution is -0.161. The van der Waals surface area contributed by atoms with Crippen LogP contribution in [0, 0.1) is 0 Å². The lowest BCUT2D eigenvalue weighted by Crippen LogP contribution is -2.47. The fourth-order valence-corrected chi connectivity index (χ4v) is 2.44. The van der Waals surface area contributed by atoms with Crippen molar-refractivity contribution in [1.29, 1.82) is 0 Å². The number of benzene rings is 1. The van der Waals surface area contributed by atoms with Crippen LogP contribution in [-0.4, -0.2) is 51.8 Å². The van der Waals surface area contributed by atoms with Crippen LogP contribution in [0.5, 0.6) is 0 Å². The Balaban J connectivity index is 2.61. The molecule has 0 radical (unpaired) electrons. The first-order valence-corrected chi connectivity index (χ1v) is 9.00. The highest BCUT2D eigenvalue weighted by atomic mass is 16.6. The summed E-state index contributed by atoms with van der Waals surface area (Å²) in [5.74, 6) is 0. The molecule has 0 aliphatic rings. The second-order valence-electron chi connectivity index (χ2n) is 6.03. The van der Waals surface area contributed by atoms with Crippen LogP contribution in [0.2, 0.25) is 0 Å². The highest BCUT2D eigenvalue weighted by molar-refractivity contribution is 5.14.